The second-order valence-electron chi connectivity index (χ2n) is 3.96. The molecular weight excluding hydrogens is 216 g/mol. The first-order valence-corrected chi connectivity index (χ1v) is 6.89. The van der Waals surface area contributed by atoms with Crippen molar-refractivity contribution in [1.29, 1.82) is 0 Å². The maximum absolute atomic E-state index is 12.0. The number of nitrogens with two attached hydrogens (primary N) is 1. The lowest BCUT2D eigenvalue weighted by atomic mass is 10.1. The van der Waals surface area contributed by atoms with Crippen LogP contribution in [0.2, 0.25) is 0 Å². The SMILES string of the molecule is CCC(CN)S(=O)(=O)N1CCCC(O)C1. The smallest absolute Gasteiger partial charge is 0.218 e. The Morgan fingerprint density at radius 2 is 2.27 bits per heavy atom. The first kappa shape index (κ1) is 12.9. The van der Waals surface area contributed by atoms with Gasteiger partial charge in [0.1, 0.15) is 0 Å². The number of hydrogen-bond donors (Lipinski definition) is 2. The monoisotopic (exact) mass is 236 g/mol. The fourth-order valence-electron chi connectivity index (χ4n) is 1.86. The number of piperidine rings is 1. The molecule has 3 N–H and O–H groups in total. The lowest BCUT2D eigenvalue weighted by Gasteiger charge is -2.31. The van der Waals surface area contributed by atoms with Crippen molar-refractivity contribution in [1.82, 2.24) is 4.31 Å². The Bertz CT molecular complexity index is 288. The number of aliphatic hydroxyl groups is 1. The molecule has 1 rings (SSSR count). The number of hydrogen-bond acceptors (Lipinski definition) is 4. The van der Waals surface area contributed by atoms with E-state index in [1.54, 1.807) is 0 Å². The van der Waals surface area contributed by atoms with Gasteiger partial charge in [0.15, 0.2) is 0 Å². The third kappa shape index (κ3) is 2.90. The third-order valence-corrected chi connectivity index (χ3v) is 5.28. The molecule has 0 aliphatic carbocycles. The van der Waals surface area contributed by atoms with Crippen molar-refractivity contribution in [3.8, 4) is 0 Å². The average molecular weight is 236 g/mol. The van der Waals surface area contributed by atoms with Crippen molar-refractivity contribution in [3.63, 3.8) is 0 Å². The van der Waals surface area contributed by atoms with Crippen LogP contribution in [-0.2, 0) is 10.0 Å². The fraction of sp³-hybridized carbons (Fsp3) is 1.00. The van der Waals surface area contributed by atoms with Gasteiger partial charge in [-0.15, -0.1) is 0 Å². The average Bonchev–Trinajstić information content (AvgIpc) is 2.19. The molecule has 0 spiro atoms. The summed E-state index contributed by atoms with van der Waals surface area (Å²) in [4.78, 5) is 0. The molecule has 1 saturated heterocycles. The van der Waals surface area contributed by atoms with E-state index in [2.05, 4.69) is 0 Å². The van der Waals surface area contributed by atoms with Crippen LogP contribution in [0.1, 0.15) is 26.2 Å². The van der Waals surface area contributed by atoms with E-state index in [-0.39, 0.29) is 13.1 Å². The highest BCUT2D eigenvalue weighted by atomic mass is 32.2. The molecule has 0 saturated carbocycles. The zero-order chi connectivity index (χ0) is 11.5. The predicted molar refractivity (Wildman–Crippen MR) is 58.9 cm³/mol. The largest absolute Gasteiger partial charge is 0.392 e. The molecule has 1 fully saturated rings. The van der Waals surface area contributed by atoms with Crippen LogP contribution < -0.4 is 5.73 Å². The number of nitrogens with zero attached hydrogens (tertiary/aromatic N) is 1. The quantitative estimate of drug-likeness (QED) is 0.690. The molecule has 2 unspecified atom stereocenters. The summed E-state index contributed by atoms with van der Waals surface area (Å²) in [7, 11) is -3.31. The maximum Gasteiger partial charge on any atom is 0.218 e. The van der Waals surface area contributed by atoms with E-state index >= 15 is 0 Å². The molecule has 1 heterocycles. The highest BCUT2D eigenvalue weighted by Crippen LogP contribution is 2.18. The van der Waals surface area contributed by atoms with Gasteiger partial charge in [0, 0.05) is 19.6 Å². The highest BCUT2D eigenvalue weighted by molar-refractivity contribution is 7.89. The zero-order valence-electron chi connectivity index (χ0n) is 9.09. The van der Waals surface area contributed by atoms with E-state index in [0.717, 1.165) is 6.42 Å². The Labute approximate surface area is 91.3 Å². The summed E-state index contributed by atoms with van der Waals surface area (Å²) in [5, 5.41) is 8.92. The van der Waals surface area contributed by atoms with Crippen molar-refractivity contribution in [3.05, 3.63) is 0 Å². The normalized spacial score (nSPS) is 26.5. The Balaban J connectivity index is 2.75. The fourth-order valence-corrected chi connectivity index (χ4v) is 3.71. The summed E-state index contributed by atoms with van der Waals surface area (Å²) in [6.45, 7) is 2.69. The predicted octanol–water partition coefficient (Wildman–Crippen LogP) is -0.490. The van der Waals surface area contributed by atoms with Crippen molar-refractivity contribution in [2.24, 2.45) is 5.73 Å². The molecule has 1 aliphatic rings. The van der Waals surface area contributed by atoms with E-state index in [9.17, 15) is 13.5 Å². The van der Waals surface area contributed by atoms with E-state index in [0.29, 0.717) is 19.4 Å². The summed E-state index contributed by atoms with van der Waals surface area (Å²) >= 11 is 0. The molecule has 5 nitrogen and oxygen atoms in total. The van der Waals surface area contributed by atoms with Crippen LogP contribution in [0.3, 0.4) is 0 Å². The highest BCUT2D eigenvalue weighted by Gasteiger charge is 2.32. The number of aliphatic hydroxyl groups excluding tert-OH is 1. The van der Waals surface area contributed by atoms with Crippen LogP contribution in [0.4, 0.5) is 0 Å². The minimum Gasteiger partial charge on any atom is -0.392 e. The van der Waals surface area contributed by atoms with E-state index < -0.39 is 21.4 Å². The minimum atomic E-state index is -3.31. The molecule has 0 amide bonds. The van der Waals surface area contributed by atoms with E-state index in [1.807, 2.05) is 6.92 Å². The second kappa shape index (κ2) is 5.25. The topological polar surface area (TPSA) is 83.6 Å². The molecule has 2 atom stereocenters. The van der Waals surface area contributed by atoms with Crippen molar-refractivity contribution in [2.45, 2.75) is 37.5 Å². The van der Waals surface area contributed by atoms with Gasteiger partial charge in [-0.2, -0.15) is 4.31 Å². The summed E-state index contributed by atoms with van der Waals surface area (Å²) in [6.07, 6.45) is 1.40. The van der Waals surface area contributed by atoms with Crippen molar-refractivity contribution in [2.75, 3.05) is 19.6 Å². The van der Waals surface area contributed by atoms with Crippen LogP contribution in [0.15, 0.2) is 0 Å². The van der Waals surface area contributed by atoms with Gasteiger partial charge in [-0.3, -0.25) is 0 Å². The summed E-state index contributed by atoms with van der Waals surface area (Å²) in [5.74, 6) is 0. The molecule has 90 valence electrons. The van der Waals surface area contributed by atoms with Gasteiger partial charge in [-0.25, -0.2) is 8.42 Å². The lowest BCUT2D eigenvalue weighted by Crippen LogP contribution is -2.47. The molecule has 0 aromatic carbocycles. The molecule has 0 radical (unpaired) electrons. The molecule has 15 heavy (non-hydrogen) atoms. The first-order chi connectivity index (χ1) is 7.02. The van der Waals surface area contributed by atoms with Crippen LogP contribution in [-0.4, -0.2) is 48.8 Å². The Morgan fingerprint density at radius 1 is 1.60 bits per heavy atom. The zero-order valence-corrected chi connectivity index (χ0v) is 9.91. The van der Waals surface area contributed by atoms with Gasteiger partial charge >= 0.3 is 0 Å². The van der Waals surface area contributed by atoms with Gasteiger partial charge in [0.25, 0.3) is 0 Å². The van der Waals surface area contributed by atoms with Gasteiger partial charge in [0.2, 0.25) is 10.0 Å². The van der Waals surface area contributed by atoms with E-state index in [1.165, 1.54) is 4.31 Å². The van der Waals surface area contributed by atoms with Gasteiger partial charge in [0.05, 0.1) is 11.4 Å². The standard InChI is InChI=1S/C9H20N2O3S/c1-2-9(6-10)15(13,14)11-5-3-4-8(12)7-11/h8-9,12H,2-7,10H2,1H3. The third-order valence-electron chi connectivity index (χ3n) is 2.86. The molecule has 0 aromatic heterocycles. The van der Waals surface area contributed by atoms with Crippen LogP contribution in [0, 0.1) is 0 Å². The number of β-amino-alcohol motifs (C(OH)–C–C–N with tert-alkyl or cyclic N) is 1. The van der Waals surface area contributed by atoms with E-state index in [4.69, 9.17) is 5.73 Å². The van der Waals surface area contributed by atoms with Crippen LogP contribution in [0.5, 0.6) is 0 Å². The number of sulfonamides is 1. The maximum atomic E-state index is 12.0. The van der Waals surface area contributed by atoms with Crippen molar-refractivity contribution >= 4 is 10.0 Å². The Morgan fingerprint density at radius 3 is 2.73 bits per heavy atom. The number of rotatable bonds is 4. The Kier molecular flexibility index (Phi) is 4.51. The van der Waals surface area contributed by atoms with Crippen molar-refractivity contribution < 1.29 is 13.5 Å². The molecular formula is C9H20N2O3S. The van der Waals surface area contributed by atoms with Crippen LogP contribution in [0.25, 0.3) is 0 Å². The first-order valence-electron chi connectivity index (χ1n) is 5.39. The van der Waals surface area contributed by atoms with Gasteiger partial charge in [-0.05, 0) is 19.3 Å². The molecule has 1 aliphatic heterocycles. The minimum absolute atomic E-state index is 0.144. The lowest BCUT2D eigenvalue weighted by molar-refractivity contribution is 0.107. The Hall–Kier alpha value is -0.170. The molecule has 0 bridgehead atoms. The summed E-state index contributed by atoms with van der Waals surface area (Å²) in [6, 6.07) is 0. The van der Waals surface area contributed by atoms with Gasteiger partial charge < -0.3 is 10.8 Å². The van der Waals surface area contributed by atoms with Crippen LogP contribution >= 0.6 is 0 Å². The van der Waals surface area contributed by atoms with Gasteiger partial charge in [-0.1, -0.05) is 6.92 Å². The summed E-state index contributed by atoms with van der Waals surface area (Å²) < 4.78 is 25.4. The second-order valence-corrected chi connectivity index (χ2v) is 6.18. The molecule has 6 heteroatoms. The summed E-state index contributed by atoms with van der Waals surface area (Å²) in [5.41, 5.74) is 5.44. The molecule has 0 aromatic rings.